The van der Waals surface area contributed by atoms with Gasteiger partial charge >= 0.3 is 5.97 Å². The molecule has 7 heteroatoms. The zero-order chi connectivity index (χ0) is 13.9. The fourth-order valence-corrected chi connectivity index (χ4v) is 2.99. The quantitative estimate of drug-likeness (QED) is 0.433. The van der Waals surface area contributed by atoms with Gasteiger partial charge in [0.1, 0.15) is 0 Å². The number of rotatable bonds is 4. The average molecular weight is 273 g/mol. The van der Waals surface area contributed by atoms with Crippen molar-refractivity contribution in [1.29, 1.82) is 0 Å². The van der Waals surface area contributed by atoms with Gasteiger partial charge in [0, 0.05) is 23.2 Å². The van der Waals surface area contributed by atoms with E-state index in [4.69, 9.17) is 9.47 Å². The summed E-state index contributed by atoms with van der Waals surface area (Å²) in [7, 11) is 1.30. The number of methoxy groups -OCH3 is 1. The Balaban J connectivity index is 2.04. The number of hydrogen-bond donors (Lipinski definition) is 0. The molecule has 1 aliphatic heterocycles. The van der Waals surface area contributed by atoms with Gasteiger partial charge in [-0.2, -0.15) is 0 Å². The molecule has 0 aromatic carbocycles. The number of ether oxygens (including phenoxy) is 3. The van der Waals surface area contributed by atoms with Crippen LogP contribution in [0.2, 0.25) is 0 Å². The highest BCUT2D eigenvalue weighted by atomic mass is 16.7. The van der Waals surface area contributed by atoms with Crippen LogP contribution in [0.15, 0.2) is 0 Å². The minimum absolute atomic E-state index is 0.0839. The van der Waals surface area contributed by atoms with E-state index in [9.17, 15) is 14.9 Å². The summed E-state index contributed by atoms with van der Waals surface area (Å²) in [6.07, 6.45) is 2.36. The van der Waals surface area contributed by atoms with Crippen LogP contribution in [0.4, 0.5) is 0 Å². The SMILES string of the molecule is COC(=O)CC1(C[N+](=O)[O-])CCC2(CC1)OCCO2. The third-order valence-electron chi connectivity index (χ3n) is 4.10. The summed E-state index contributed by atoms with van der Waals surface area (Å²) in [4.78, 5) is 22.0. The summed E-state index contributed by atoms with van der Waals surface area (Å²) in [6.45, 7) is 0.927. The second-order valence-electron chi connectivity index (χ2n) is 5.35. The van der Waals surface area contributed by atoms with Crippen molar-refractivity contribution >= 4 is 5.97 Å². The van der Waals surface area contributed by atoms with Crippen LogP contribution >= 0.6 is 0 Å². The molecular formula is C12H19NO6. The molecule has 0 N–H and O–H groups in total. The fourth-order valence-electron chi connectivity index (χ4n) is 2.99. The van der Waals surface area contributed by atoms with Gasteiger partial charge < -0.3 is 14.2 Å². The van der Waals surface area contributed by atoms with E-state index in [0.29, 0.717) is 38.9 Å². The molecule has 2 rings (SSSR count). The molecule has 19 heavy (non-hydrogen) atoms. The van der Waals surface area contributed by atoms with Crippen molar-refractivity contribution in [1.82, 2.24) is 0 Å². The van der Waals surface area contributed by atoms with Gasteiger partial charge in [-0.1, -0.05) is 0 Å². The molecule has 2 fully saturated rings. The van der Waals surface area contributed by atoms with Gasteiger partial charge in [0.05, 0.1) is 26.7 Å². The number of nitro groups is 1. The molecule has 1 aliphatic carbocycles. The Morgan fingerprint density at radius 3 is 2.32 bits per heavy atom. The molecule has 0 amide bonds. The molecule has 108 valence electrons. The van der Waals surface area contributed by atoms with Crippen LogP contribution in [0.5, 0.6) is 0 Å². The largest absolute Gasteiger partial charge is 0.469 e. The second kappa shape index (κ2) is 5.42. The molecule has 0 bridgehead atoms. The lowest BCUT2D eigenvalue weighted by atomic mass is 9.70. The summed E-state index contributed by atoms with van der Waals surface area (Å²) in [5.41, 5.74) is -0.628. The van der Waals surface area contributed by atoms with Crippen molar-refractivity contribution in [3.8, 4) is 0 Å². The highest BCUT2D eigenvalue weighted by Gasteiger charge is 2.49. The Hall–Kier alpha value is -1.21. The molecule has 0 aromatic rings. The zero-order valence-electron chi connectivity index (χ0n) is 11.1. The molecular weight excluding hydrogens is 254 g/mol. The predicted molar refractivity (Wildman–Crippen MR) is 64.0 cm³/mol. The number of hydrogen-bond acceptors (Lipinski definition) is 6. The van der Waals surface area contributed by atoms with Gasteiger partial charge in [0.15, 0.2) is 5.79 Å². The first-order valence-corrected chi connectivity index (χ1v) is 6.46. The standard InChI is InChI=1S/C12H19NO6/c1-17-10(14)8-11(9-13(15)16)2-4-12(5-3-11)18-6-7-19-12/h2-9H2,1H3. The molecule has 7 nitrogen and oxygen atoms in total. The van der Waals surface area contributed by atoms with Crippen LogP contribution in [0.25, 0.3) is 0 Å². The predicted octanol–water partition coefficient (Wildman–Crippen LogP) is 1.13. The van der Waals surface area contributed by atoms with Crippen molar-refractivity contribution in [2.24, 2.45) is 5.41 Å². The Morgan fingerprint density at radius 1 is 1.26 bits per heavy atom. The maximum absolute atomic E-state index is 11.5. The van der Waals surface area contributed by atoms with Gasteiger partial charge in [-0.15, -0.1) is 0 Å². The van der Waals surface area contributed by atoms with Crippen molar-refractivity contribution in [3.05, 3.63) is 10.1 Å². The van der Waals surface area contributed by atoms with E-state index in [2.05, 4.69) is 4.74 Å². The normalized spacial score (nSPS) is 24.3. The Morgan fingerprint density at radius 2 is 1.84 bits per heavy atom. The van der Waals surface area contributed by atoms with Crippen LogP contribution in [0.1, 0.15) is 32.1 Å². The van der Waals surface area contributed by atoms with Crippen LogP contribution in [-0.2, 0) is 19.0 Å². The molecule has 0 atom stereocenters. The van der Waals surface area contributed by atoms with E-state index >= 15 is 0 Å². The third-order valence-corrected chi connectivity index (χ3v) is 4.10. The first kappa shape index (κ1) is 14.2. The average Bonchev–Trinajstić information content (AvgIpc) is 2.81. The van der Waals surface area contributed by atoms with E-state index in [1.54, 1.807) is 0 Å². The first-order chi connectivity index (χ1) is 8.99. The van der Waals surface area contributed by atoms with E-state index in [0.717, 1.165) is 0 Å². The smallest absolute Gasteiger partial charge is 0.306 e. The van der Waals surface area contributed by atoms with E-state index < -0.39 is 17.2 Å². The topological polar surface area (TPSA) is 87.9 Å². The number of esters is 1. The maximum atomic E-state index is 11.5. The molecule has 2 aliphatic rings. The number of nitrogens with zero attached hydrogens (tertiary/aromatic N) is 1. The molecule has 1 saturated heterocycles. The molecule has 1 saturated carbocycles. The van der Waals surface area contributed by atoms with Crippen LogP contribution < -0.4 is 0 Å². The lowest BCUT2D eigenvalue weighted by Crippen LogP contribution is -2.44. The van der Waals surface area contributed by atoms with Gasteiger partial charge in [0.2, 0.25) is 6.54 Å². The summed E-state index contributed by atoms with van der Waals surface area (Å²) < 4.78 is 15.9. The Bertz CT molecular complexity index is 353. The highest BCUT2D eigenvalue weighted by Crippen LogP contribution is 2.46. The van der Waals surface area contributed by atoms with Crippen molar-refractivity contribution in [3.63, 3.8) is 0 Å². The van der Waals surface area contributed by atoms with Crippen molar-refractivity contribution < 1.29 is 23.9 Å². The van der Waals surface area contributed by atoms with Gasteiger partial charge in [-0.25, -0.2) is 0 Å². The minimum atomic E-state index is -0.628. The maximum Gasteiger partial charge on any atom is 0.306 e. The zero-order valence-corrected chi connectivity index (χ0v) is 11.1. The summed E-state index contributed by atoms with van der Waals surface area (Å²) in [6, 6.07) is 0. The van der Waals surface area contributed by atoms with Crippen LogP contribution in [-0.4, -0.2) is 43.5 Å². The molecule has 1 heterocycles. The monoisotopic (exact) mass is 273 g/mol. The van der Waals surface area contributed by atoms with Crippen molar-refractivity contribution in [2.45, 2.75) is 37.9 Å². The van der Waals surface area contributed by atoms with E-state index in [1.165, 1.54) is 7.11 Å². The van der Waals surface area contributed by atoms with Gasteiger partial charge in [-0.3, -0.25) is 14.9 Å². The molecule has 0 unspecified atom stereocenters. The summed E-state index contributed by atoms with van der Waals surface area (Å²) in [5, 5.41) is 10.8. The van der Waals surface area contributed by atoms with Gasteiger partial charge in [-0.05, 0) is 12.8 Å². The Kier molecular flexibility index (Phi) is 4.05. The molecule has 0 aromatic heterocycles. The lowest BCUT2D eigenvalue weighted by molar-refractivity contribution is -0.500. The first-order valence-electron chi connectivity index (χ1n) is 6.46. The van der Waals surface area contributed by atoms with Crippen LogP contribution in [0.3, 0.4) is 0 Å². The number of carbonyl (C=O) groups excluding carboxylic acids is 1. The number of carbonyl (C=O) groups is 1. The summed E-state index contributed by atoms with van der Waals surface area (Å²) >= 11 is 0. The summed E-state index contributed by atoms with van der Waals surface area (Å²) in [5.74, 6) is -0.970. The van der Waals surface area contributed by atoms with Crippen LogP contribution in [0, 0.1) is 15.5 Å². The lowest BCUT2D eigenvalue weighted by Gasteiger charge is -2.40. The fraction of sp³-hybridized carbons (Fsp3) is 0.917. The van der Waals surface area contributed by atoms with E-state index in [1.807, 2.05) is 0 Å². The molecule has 1 spiro atoms. The van der Waals surface area contributed by atoms with Crippen molar-refractivity contribution in [2.75, 3.05) is 26.9 Å². The minimum Gasteiger partial charge on any atom is -0.469 e. The highest BCUT2D eigenvalue weighted by molar-refractivity contribution is 5.70. The van der Waals surface area contributed by atoms with Gasteiger partial charge in [0.25, 0.3) is 0 Å². The second-order valence-corrected chi connectivity index (χ2v) is 5.35. The Labute approximate surface area is 111 Å². The van der Waals surface area contributed by atoms with E-state index in [-0.39, 0.29) is 17.9 Å². The third kappa shape index (κ3) is 3.22. The molecule has 0 radical (unpaired) electrons.